The fourth-order valence-electron chi connectivity index (χ4n) is 2.66. The van der Waals surface area contributed by atoms with E-state index in [-0.39, 0.29) is 16.8 Å². The van der Waals surface area contributed by atoms with Crippen LogP contribution in [0.25, 0.3) is 11.4 Å². The van der Waals surface area contributed by atoms with Crippen LogP contribution in [-0.2, 0) is 0 Å². The summed E-state index contributed by atoms with van der Waals surface area (Å²) in [5.74, 6) is 1.08. The van der Waals surface area contributed by atoms with Crippen LogP contribution < -0.4 is 15.4 Å². The molecule has 1 aliphatic heterocycles. The van der Waals surface area contributed by atoms with Gasteiger partial charge in [-0.25, -0.2) is 9.88 Å². The number of fused-ring (bicyclic) bond motifs is 1. The van der Waals surface area contributed by atoms with E-state index in [9.17, 15) is 10.3 Å². The second-order valence-electron chi connectivity index (χ2n) is 5.58. The summed E-state index contributed by atoms with van der Waals surface area (Å²) in [5.41, 5.74) is 5.20. The number of benzene rings is 2. The highest BCUT2D eigenvalue weighted by atomic mass is 32.2. The number of hydrogen-bond acceptors (Lipinski definition) is 8. The summed E-state index contributed by atoms with van der Waals surface area (Å²) >= 11 is 1.48. The van der Waals surface area contributed by atoms with Crippen LogP contribution in [0.4, 0.5) is 5.69 Å². The van der Waals surface area contributed by atoms with Gasteiger partial charge in [-0.05, 0) is 29.8 Å². The molecule has 10 heteroatoms. The van der Waals surface area contributed by atoms with Crippen molar-refractivity contribution in [2.45, 2.75) is 10.5 Å². The minimum atomic E-state index is -0.974. The highest BCUT2D eigenvalue weighted by molar-refractivity contribution is 7.99. The number of quaternary nitrogens is 1. The number of aromatic hydroxyl groups is 1. The topological polar surface area (TPSA) is 120 Å². The zero-order valence-electron chi connectivity index (χ0n) is 13.6. The first kappa shape index (κ1) is 16.7. The number of nitrogens with zero attached hydrogens (tertiary/aromatic N) is 3. The van der Waals surface area contributed by atoms with E-state index < -0.39 is 5.23 Å². The van der Waals surface area contributed by atoms with Crippen LogP contribution in [0, 0.1) is 5.21 Å². The molecule has 2 heterocycles. The molecule has 0 bridgehead atoms. The molecule has 9 nitrogen and oxygen atoms in total. The summed E-state index contributed by atoms with van der Waals surface area (Å²) in [6, 6.07) is 11.6. The van der Waals surface area contributed by atoms with Crippen LogP contribution >= 0.6 is 11.8 Å². The summed E-state index contributed by atoms with van der Waals surface area (Å²) in [7, 11) is 1.50. The van der Waals surface area contributed by atoms with Crippen molar-refractivity contribution >= 4 is 17.4 Å². The molecule has 0 fully saturated rings. The first-order valence-corrected chi connectivity index (χ1v) is 8.54. The number of thioether (sulfide) groups is 1. The molecular weight excluding hydrogens is 358 g/mol. The lowest BCUT2D eigenvalue weighted by atomic mass is 10.2. The minimum absolute atomic E-state index is 0.0814. The predicted octanol–water partition coefficient (Wildman–Crippen LogP) is 1.41. The summed E-state index contributed by atoms with van der Waals surface area (Å²) in [6.45, 7) is 0. The average Bonchev–Trinajstić information content (AvgIpc) is 3.23. The number of ether oxygens (including phenoxy) is 1. The Morgan fingerprint density at radius 2 is 2.00 bits per heavy atom. The average molecular weight is 373 g/mol. The maximum absolute atomic E-state index is 11.0. The van der Waals surface area contributed by atoms with Crippen LogP contribution in [0.3, 0.4) is 0 Å². The molecule has 1 aromatic heterocycles. The van der Waals surface area contributed by atoms with Gasteiger partial charge in [0.1, 0.15) is 5.37 Å². The van der Waals surface area contributed by atoms with Gasteiger partial charge >= 0.3 is 0 Å². The Balaban J connectivity index is 1.61. The Bertz CT molecular complexity index is 944. The van der Waals surface area contributed by atoms with Crippen LogP contribution in [0.5, 0.6) is 11.5 Å². The summed E-state index contributed by atoms with van der Waals surface area (Å²) < 4.78 is 6.93. The first-order valence-electron chi connectivity index (χ1n) is 7.66. The Kier molecular flexibility index (Phi) is 4.17. The molecule has 0 radical (unpaired) electrons. The van der Waals surface area contributed by atoms with Gasteiger partial charge in [-0.3, -0.25) is 0 Å². The number of aromatic nitrogens is 3. The minimum Gasteiger partial charge on any atom is -0.595 e. The quantitative estimate of drug-likeness (QED) is 0.507. The molecule has 4 rings (SSSR count). The van der Waals surface area contributed by atoms with Crippen molar-refractivity contribution in [1.29, 1.82) is 0 Å². The predicted molar refractivity (Wildman–Crippen MR) is 93.9 cm³/mol. The summed E-state index contributed by atoms with van der Waals surface area (Å²) in [4.78, 5) is 0. The third-order valence-corrected chi connectivity index (χ3v) is 5.09. The van der Waals surface area contributed by atoms with Gasteiger partial charge in [0.2, 0.25) is 5.16 Å². The van der Waals surface area contributed by atoms with E-state index in [1.807, 2.05) is 6.07 Å². The Hall–Kier alpha value is -2.79. The first-order chi connectivity index (χ1) is 12.6. The van der Waals surface area contributed by atoms with Gasteiger partial charge in [0.15, 0.2) is 23.0 Å². The zero-order valence-corrected chi connectivity index (χ0v) is 14.4. The van der Waals surface area contributed by atoms with E-state index in [0.717, 1.165) is 11.1 Å². The molecule has 26 heavy (non-hydrogen) atoms. The lowest BCUT2D eigenvalue weighted by Crippen LogP contribution is -2.99. The fraction of sp³-hybridized carbons (Fsp3) is 0.125. The molecular formula is C16H15N5O4S. The highest BCUT2D eigenvalue weighted by Gasteiger charge is 2.28. The number of nitrogens with one attached hydrogen (secondary N) is 2. The van der Waals surface area contributed by atoms with E-state index in [1.165, 1.54) is 31.0 Å². The van der Waals surface area contributed by atoms with E-state index in [1.54, 1.807) is 28.9 Å². The van der Waals surface area contributed by atoms with E-state index in [0.29, 0.717) is 16.7 Å². The van der Waals surface area contributed by atoms with Crippen molar-refractivity contribution in [3.05, 3.63) is 53.2 Å². The lowest BCUT2D eigenvalue weighted by molar-refractivity contribution is -0.991. The van der Waals surface area contributed by atoms with E-state index in [4.69, 9.17) is 9.94 Å². The largest absolute Gasteiger partial charge is 0.595 e. The molecule has 0 saturated carbocycles. The van der Waals surface area contributed by atoms with Crippen LogP contribution in [0.2, 0.25) is 0 Å². The summed E-state index contributed by atoms with van der Waals surface area (Å²) in [6.07, 6.45) is 0. The molecule has 1 unspecified atom stereocenters. The molecule has 4 N–H and O–H groups in total. The second-order valence-corrected chi connectivity index (χ2v) is 6.65. The van der Waals surface area contributed by atoms with Crippen molar-refractivity contribution in [3.63, 3.8) is 0 Å². The molecule has 0 saturated heterocycles. The fourth-order valence-corrected chi connectivity index (χ4v) is 3.64. The number of phenols is 1. The molecule has 2 atom stereocenters. The van der Waals surface area contributed by atoms with Crippen molar-refractivity contribution in [2.24, 2.45) is 0 Å². The Labute approximate surface area is 152 Å². The molecule has 0 aliphatic carbocycles. The van der Waals surface area contributed by atoms with Crippen LogP contribution in [0.1, 0.15) is 10.9 Å². The number of hydrogen-bond donors (Lipinski definition) is 4. The molecule has 0 spiro atoms. The highest BCUT2D eigenvalue weighted by Crippen LogP contribution is 2.42. The third-order valence-electron chi connectivity index (χ3n) is 4.00. The van der Waals surface area contributed by atoms with Gasteiger partial charge < -0.3 is 20.5 Å². The maximum Gasteiger partial charge on any atom is 0.212 e. The van der Waals surface area contributed by atoms with E-state index >= 15 is 0 Å². The SMILES string of the molecule is COc1cc([C@@H]2Nn3c(nnc3-c3ccc([NH+]([O-])O)cc3)S2)ccc1O. The molecule has 0 amide bonds. The molecule has 3 aromatic rings. The van der Waals surface area contributed by atoms with Crippen molar-refractivity contribution in [2.75, 3.05) is 12.5 Å². The number of phenolic OH excluding ortho intramolecular Hbond substituents is 1. The molecule has 1 aliphatic rings. The third kappa shape index (κ3) is 2.84. The summed E-state index contributed by atoms with van der Waals surface area (Å²) in [5, 5.41) is 37.7. The maximum atomic E-state index is 11.0. The normalized spacial score (nSPS) is 16.8. The Morgan fingerprint density at radius 1 is 1.23 bits per heavy atom. The van der Waals surface area contributed by atoms with Gasteiger partial charge in [-0.15, -0.1) is 10.2 Å². The lowest BCUT2D eigenvalue weighted by Gasteiger charge is -2.14. The van der Waals surface area contributed by atoms with Gasteiger partial charge in [0.25, 0.3) is 0 Å². The second kappa shape index (κ2) is 6.50. The molecule has 2 aromatic carbocycles. The van der Waals surface area contributed by atoms with Gasteiger partial charge in [0.05, 0.1) is 7.11 Å². The number of rotatable bonds is 4. The molecule has 134 valence electrons. The van der Waals surface area contributed by atoms with Gasteiger partial charge in [0, 0.05) is 17.7 Å². The van der Waals surface area contributed by atoms with Crippen molar-refractivity contribution < 1.29 is 20.3 Å². The standard InChI is InChI=1S/C16H15N5O4S/c1-25-13-8-10(4-7-12(13)22)15-19-20-14(17-18-16(20)26-15)9-2-5-11(6-3-9)21(23)24/h2-8,15,19,21-23H,1H3/t15-/m1/s1. The van der Waals surface area contributed by atoms with Crippen molar-refractivity contribution in [1.82, 2.24) is 14.9 Å². The van der Waals surface area contributed by atoms with Gasteiger partial charge in [-0.1, -0.05) is 17.8 Å². The Morgan fingerprint density at radius 3 is 2.69 bits per heavy atom. The number of methoxy groups -OCH3 is 1. The van der Waals surface area contributed by atoms with E-state index in [2.05, 4.69) is 15.6 Å². The van der Waals surface area contributed by atoms with Gasteiger partial charge in [-0.2, -0.15) is 5.23 Å². The monoisotopic (exact) mass is 373 g/mol. The van der Waals surface area contributed by atoms with Crippen LogP contribution in [-0.4, -0.2) is 32.3 Å². The zero-order chi connectivity index (χ0) is 18.3. The van der Waals surface area contributed by atoms with Crippen LogP contribution in [0.15, 0.2) is 47.6 Å². The smallest absolute Gasteiger partial charge is 0.212 e. The van der Waals surface area contributed by atoms with Crippen molar-refractivity contribution in [3.8, 4) is 22.9 Å².